The van der Waals surface area contributed by atoms with Gasteiger partial charge in [0.25, 0.3) is 0 Å². The Morgan fingerprint density at radius 3 is 2.91 bits per heavy atom. The first-order valence-electron chi connectivity index (χ1n) is 12.4. The predicted octanol–water partition coefficient (Wildman–Crippen LogP) is 3.27. The summed E-state index contributed by atoms with van der Waals surface area (Å²) in [7, 11) is 0. The van der Waals surface area contributed by atoms with Crippen molar-refractivity contribution in [2.75, 3.05) is 13.1 Å². The smallest absolute Gasteiger partial charge is 0.217 e. The van der Waals surface area contributed by atoms with Crippen LogP contribution >= 0.6 is 0 Å². The molecule has 1 aromatic heterocycles. The Kier molecular flexibility index (Phi) is 4.92. The average Bonchev–Trinajstić information content (AvgIpc) is 3.32. The topological polar surface area (TPSA) is 62.2 Å². The number of hydrogen-bond acceptors (Lipinski definition) is 4. The van der Waals surface area contributed by atoms with E-state index in [1.807, 2.05) is 6.07 Å². The molecule has 2 aliphatic heterocycles. The van der Waals surface area contributed by atoms with E-state index in [-0.39, 0.29) is 11.9 Å². The van der Waals surface area contributed by atoms with Gasteiger partial charge in [-0.1, -0.05) is 30.3 Å². The number of imidazole rings is 1. The van der Waals surface area contributed by atoms with Gasteiger partial charge in [0.15, 0.2) is 0 Å². The number of hydrogen-bond donors (Lipinski definition) is 2. The lowest BCUT2D eigenvalue weighted by atomic mass is 9.53. The van der Waals surface area contributed by atoms with E-state index in [0.717, 1.165) is 38.5 Å². The van der Waals surface area contributed by atoms with Crippen molar-refractivity contribution in [1.82, 2.24) is 25.1 Å². The number of piperidine rings is 1. The molecule has 4 aliphatic rings. The second-order valence-corrected chi connectivity index (χ2v) is 10.4. The van der Waals surface area contributed by atoms with E-state index in [4.69, 9.17) is 4.98 Å². The highest BCUT2D eigenvalue weighted by molar-refractivity contribution is 5.73. The van der Waals surface area contributed by atoms with Crippen LogP contribution in [0.15, 0.2) is 30.3 Å². The number of carbonyl (C=O) groups excluding carboxylic acids is 1. The fourth-order valence-electron chi connectivity index (χ4n) is 7.49. The van der Waals surface area contributed by atoms with E-state index in [1.165, 1.54) is 48.5 Å². The molecule has 2 aliphatic carbocycles. The minimum Gasteiger partial charge on any atom is -0.349 e. The summed E-state index contributed by atoms with van der Waals surface area (Å²) in [5, 5.41) is 6.74. The van der Waals surface area contributed by atoms with Gasteiger partial charge in [-0.25, -0.2) is 4.98 Å². The molecule has 1 aromatic carbocycles. The number of amides is 1. The number of benzene rings is 1. The van der Waals surface area contributed by atoms with Crippen LogP contribution in [0.25, 0.3) is 0 Å². The highest BCUT2D eigenvalue weighted by Crippen LogP contribution is 2.67. The molecular formula is C26H35N5O. The van der Waals surface area contributed by atoms with Crippen molar-refractivity contribution in [3.63, 3.8) is 0 Å². The summed E-state index contributed by atoms with van der Waals surface area (Å²) in [4.78, 5) is 19.6. The zero-order valence-electron chi connectivity index (χ0n) is 19.3. The van der Waals surface area contributed by atoms with Crippen molar-refractivity contribution in [1.29, 1.82) is 0 Å². The monoisotopic (exact) mass is 433 g/mol. The van der Waals surface area contributed by atoms with Gasteiger partial charge in [0.1, 0.15) is 5.82 Å². The lowest BCUT2D eigenvalue weighted by molar-refractivity contribution is -0.188. The molecule has 1 saturated heterocycles. The van der Waals surface area contributed by atoms with E-state index < -0.39 is 0 Å². The maximum absolute atomic E-state index is 11.8. The molecule has 6 nitrogen and oxygen atoms in total. The summed E-state index contributed by atoms with van der Waals surface area (Å²) >= 11 is 0. The Hall–Kier alpha value is -2.18. The number of nitrogens with one attached hydrogen (secondary N) is 2. The van der Waals surface area contributed by atoms with Gasteiger partial charge in [0, 0.05) is 56.5 Å². The Morgan fingerprint density at radius 1 is 1.31 bits per heavy atom. The van der Waals surface area contributed by atoms with Crippen LogP contribution in [0.3, 0.4) is 0 Å². The van der Waals surface area contributed by atoms with Gasteiger partial charge in [-0.05, 0) is 44.6 Å². The lowest BCUT2D eigenvalue weighted by Gasteiger charge is -2.68. The predicted molar refractivity (Wildman–Crippen MR) is 124 cm³/mol. The maximum Gasteiger partial charge on any atom is 0.217 e. The standard InChI is InChI=1S/C26H35N5O/c1-17-28-22-9-12-27-16-23(22)31(17)20-14-25-26(15-20)11-8-24(26)30(25)13-10-21(29-18(2)32)19-6-4-3-5-7-19/h3-7,20-21,24-25,27H,8-16H2,1-2H3,(H,29,32)/t20?,21-,24?,25?,26?/m0/s1. The quantitative estimate of drug-likeness (QED) is 0.734. The fraction of sp³-hybridized carbons (Fsp3) is 0.615. The summed E-state index contributed by atoms with van der Waals surface area (Å²) in [5.74, 6) is 1.26. The molecule has 0 bridgehead atoms. The van der Waals surface area contributed by atoms with E-state index >= 15 is 0 Å². The van der Waals surface area contributed by atoms with Crippen LogP contribution in [0.2, 0.25) is 0 Å². The summed E-state index contributed by atoms with van der Waals surface area (Å²) < 4.78 is 2.59. The molecule has 1 amide bonds. The van der Waals surface area contributed by atoms with Gasteiger partial charge in [0.2, 0.25) is 5.91 Å². The van der Waals surface area contributed by atoms with Crippen LogP contribution in [0.1, 0.15) is 73.9 Å². The van der Waals surface area contributed by atoms with Crippen LogP contribution < -0.4 is 10.6 Å². The molecule has 3 heterocycles. The number of likely N-dealkylation sites (tertiary alicyclic amines) is 1. The molecule has 4 unspecified atom stereocenters. The van der Waals surface area contributed by atoms with E-state index in [0.29, 0.717) is 17.5 Å². The van der Waals surface area contributed by atoms with E-state index in [9.17, 15) is 4.79 Å². The number of aryl methyl sites for hydroxylation is 1. The summed E-state index contributed by atoms with van der Waals surface area (Å²) in [6.07, 6.45) is 7.32. The second-order valence-electron chi connectivity index (χ2n) is 10.4. The molecule has 2 saturated carbocycles. The van der Waals surface area contributed by atoms with Crippen molar-refractivity contribution in [2.24, 2.45) is 5.41 Å². The van der Waals surface area contributed by atoms with E-state index in [2.05, 4.69) is 51.3 Å². The Balaban J connectivity index is 1.18. The lowest BCUT2D eigenvalue weighted by Crippen LogP contribution is -2.74. The van der Waals surface area contributed by atoms with Crippen molar-refractivity contribution < 1.29 is 4.79 Å². The van der Waals surface area contributed by atoms with Gasteiger partial charge in [-0.15, -0.1) is 0 Å². The number of fused-ring (bicyclic) bond motifs is 1. The van der Waals surface area contributed by atoms with Crippen molar-refractivity contribution in [2.45, 2.75) is 83.1 Å². The first-order valence-corrected chi connectivity index (χ1v) is 12.4. The summed E-state index contributed by atoms with van der Waals surface area (Å²) in [5.41, 5.74) is 4.50. The van der Waals surface area contributed by atoms with Crippen LogP contribution in [-0.2, 0) is 17.8 Å². The largest absolute Gasteiger partial charge is 0.349 e. The molecule has 6 rings (SSSR count). The molecule has 2 aromatic rings. The van der Waals surface area contributed by atoms with Crippen LogP contribution in [0, 0.1) is 12.3 Å². The first-order chi connectivity index (χ1) is 15.6. The normalized spacial score (nSPS) is 31.6. The highest BCUT2D eigenvalue weighted by Gasteiger charge is 2.69. The third kappa shape index (κ3) is 3.06. The van der Waals surface area contributed by atoms with E-state index in [1.54, 1.807) is 6.92 Å². The molecular weight excluding hydrogens is 398 g/mol. The summed E-state index contributed by atoms with van der Waals surface area (Å²) in [6, 6.07) is 12.5. The van der Waals surface area contributed by atoms with Gasteiger partial charge in [-0.2, -0.15) is 0 Å². The molecule has 0 radical (unpaired) electrons. The number of carbonyl (C=O) groups is 1. The number of rotatable bonds is 6. The van der Waals surface area contributed by atoms with Crippen LogP contribution in [0.4, 0.5) is 0 Å². The SMILES string of the molecule is CC(=O)N[C@@H](CCN1C2CCC23CC(n2c(C)nc4c2CNCC4)CC13)c1ccccc1. The van der Waals surface area contributed by atoms with Crippen molar-refractivity contribution in [3.8, 4) is 0 Å². The van der Waals surface area contributed by atoms with Crippen LogP contribution in [0.5, 0.6) is 0 Å². The third-order valence-electron chi connectivity index (χ3n) is 8.84. The third-order valence-corrected chi connectivity index (χ3v) is 8.84. The highest BCUT2D eigenvalue weighted by atomic mass is 16.1. The van der Waals surface area contributed by atoms with Gasteiger partial charge >= 0.3 is 0 Å². The minimum atomic E-state index is 0.0513. The first kappa shape index (κ1) is 20.4. The zero-order chi connectivity index (χ0) is 21.9. The Labute approximate surface area is 190 Å². The molecule has 3 fully saturated rings. The van der Waals surface area contributed by atoms with Crippen molar-refractivity contribution in [3.05, 3.63) is 53.1 Å². The Bertz CT molecular complexity index is 1020. The molecule has 6 heteroatoms. The Morgan fingerprint density at radius 2 is 2.16 bits per heavy atom. The molecule has 32 heavy (non-hydrogen) atoms. The second kappa shape index (κ2) is 7.70. The number of aromatic nitrogens is 2. The van der Waals surface area contributed by atoms with Gasteiger partial charge in [-0.3, -0.25) is 9.69 Å². The molecule has 170 valence electrons. The molecule has 2 N–H and O–H groups in total. The summed E-state index contributed by atoms with van der Waals surface area (Å²) in [6.45, 7) is 6.90. The van der Waals surface area contributed by atoms with Crippen LogP contribution in [-0.4, -0.2) is 45.5 Å². The zero-order valence-corrected chi connectivity index (χ0v) is 19.3. The molecule has 1 spiro atoms. The minimum absolute atomic E-state index is 0.0513. The van der Waals surface area contributed by atoms with Crippen molar-refractivity contribution >= 4 is 5.91 Å². The average molecular weight is 434 g/mol. The number of nitrogens with zero attached hydrogens (tertiary/aromatic N) is 3. The fourth-order valence-corrected chi connectivity index (χ4v) is 7.49. The molecule has 5 atom stereocenters. The maximum atomic E-state index is 11.8. The van der Waals surface area contributed by atoms with Gasteiger partial charge < -0.3 is 15.2 Å². The van der Waals surface area contributed by atoms with Gasteiger partial charge in [0.05, 0.1) is 17.4 Å².